The number of hydrogen-bond donors (Lipinski definition) is 1. The van der Waals surface area contributed by atoms with E-state index >= 15 is 0 Å². The zero-order chi connectivity index (χ0) is 13.7. The molecule has 1 aliphatic heterocycles. The van der Waals surface area contributed by atoms with Crippen LogP contribution in [0.25, 0.3) is 0 Å². The Balaban J connectivity index is 2.07. The van der Waals surface area contributed by atoms with Gasteiger partial charge in [-0.3, -0.25) is 0 Å². The average Bonchev–Trinajstić information content (AvgIpc) is 2.47. The molecule has 102 valence electrons. The quantitative estimate of drug-likeness (QED) is 0.840. The van der Waals surface area contributed by atoms with Gasteiger partial charge in [0.2, 0.25) is 0 Å². The Bertz CT molecular complexity index is 456. The number of aliphatic hydroxyl groups is 1. The topological polar surface area (TPSA) is 32.7 Å². The highest BCUT2D eigenvalue weighted by molar-refractivity contribution is 5.38. The molecule has 1 aromatic carbocycles. The van der Waals surface area contributed by atoms with Crippen LogP contribution in [-0.2, 0) is 5.60 Å². The van der Waals surface area contributed by atoms with Crippen molar-refractivity contribution < 1.29 is 9.84 Å². The van der Waals surface area contributed by atoms with Crippen LogP contribution in [0.5, 0.6) is 5.75 Å². The maximum absolute atomic E-state index is 10.9. The van der Waals surface area contributed by atoms with Gasteiger partial charge in [-0.2, -0.15) is 0 Å². The second kappa shape index (κ2) is 6.10. The summed E-state index contributed by atoms with van der Waals surface area (Å²) in [6.07, 6.45) is 7.50. The van der Waals surface area contributed by atoms with Crippen molar-refractivity contribution in [1.29, 1.82) is 0 Å². The fraction of sp³-hybridized carbons (Fsp3) is 0.500. The van der Waals surface area contributed by atoms with E-state index in [4.69, 9.17) is 11.2 Å². The first kappa shape index (κ1) is 13.9. The molecule has 0 bridgehead atoms. The minimum Gasteiger partial charge on any atom is -0.496 e. The van der Waals surface area contributed by atoms with Gasteiger partial charge in [-0.15, -0.1) is 12.3 Å². The van der Waals surface area contributed by atoms with Gasteiger partial charge in [0, 0.05) is 31.6 Å². The molecule has 1 aliphatic rings. The molecule has 0 saturated carbocycles. The molecule has 3 heteroatoms. The Morgan fingerprint density at radius 1 is 1.37 bits per heavy atom. The first-order valence-corrected chi connectivity index (χ1v) is 6.71. The highest BCUT2D eigenvalue weighted by Gasteiger charge is 2.35. The van der Waals surface area contributed by atoms with E-state index in [9.17, 15) is 5.11 Å². The Labute approximate surface area is 115 Å². The van der Waals surface area contributed by atoms with Gasteiger partial charge in [0.15, 0.2) is 0 Å². The minimum atomic E-state index is -0.779. The van der Waals surface area contributed by atoms with E-state index in [-0.39, 0.29) is 0 Å². The predicted molar refractivity (Wildman–Crippen MR) is 76.0 cm³/mol. The molecule has 0 radical (unpaired) electrons. The van der Waals surface area contributed by atoms with Crippen molar-refractivity contribution in [2.24, 2.45) is 0 Å². The lowest BCUT2D eigenvalue weighted by molar-refractivity contribution is -0.0268. The number of terminal acetylenes is 1. The lowest BCUT2D eigenvalue weighted by atomic mass is 9.84. The number of ether oxygens (including phenoxy) is 1. The van der Waals surface area contributed by atoms with Gasteiger partial charge in [0.25, 0.3) is 0 Å². The molecule has 1 N–H and O–H groups in total. The molecule has 0 unspecified atom stereocenters. The standard InChI is InChI=1S/C16H21NO2/c1-3-4-11-17-12-9-16(18,10-13-17)14-7-5-6-8-15(14)19-2/h1,5-8,18H,4,9-13H2,2H3. The predicted octanol–water partition coefficient (Wildman–Crippen LogP) is 2.00. The largest absolute Gasteiger partial charge is 0.496 e. The summed E-state index contributed by atoms with van der Waals surface area (Å²) in [5, 5.41) is 10.9. The zero-order valence-corrected chi connectivity index (χ0v) is 11.4. The molecule has 0 atom stereocenters. The Morgan fingerprint density at radius 3 is 2.68 bits per heavy atom. The molecule has 19 heavy (non-hydrogen) atoms. The van der Waals surface area contributed by atoms with Crippen molar-refractivity contribution >= 4 is 0 Å². The van der Waals surface area contributed by atoms with Crippen LogP contribution in [0.4, 0.5) is 0 Å². The lowest BCUT2D eigenvalue weighted by Gasteiger charge is -2.38. The summed E-state index contributed by atoms with van der Waals surface area (Å²) in [5.74, 6) is 3.43. The Hall–Kier alpha value is -1.50. The third-order valence-corrected chi connectivity index (χ3v) is 3.86. The number of methoxy groups -OCH3 is 1. The molecule has 1 fully saturated rings. The van der Waals surface area contributed by atoms with Gasteiger partial charge in [0.05, 0.1) is 12.7 Å². The third-order valence-electron chi connectivity index (χ3n) is 3.86. The molecule has 1 saturated heterocycles. The summed E-state index contributed by atoms with van der Waals surface area (Å²) in [5.41, 5.74) is 0.119. The van der Waals surface area contributed by atoms with Crippen LogP contribution in [0.3, 0.4) is 0 Å². The average molecular weight is 259 g/mol. The molecular weight excluding hydrogens is 238 g/mol. The first-order chi connectivity index (χ1) is 9.19. The summed E-state index contributed by atoms with van der Waals surface area (Å²) in [7, 11) is 1.64. The molecular formula is C16H21NO2. The number of benzene rings is 1. The molecule has 2 rings (SSSR count). The monoisotopic (exact) mass is 259 g/mol. The minimum absolute atomic E-state index is 0.720. The maximum atomic E-state index is 10.9. The van der Waals surface area contributed by atoms with E-state index in [1.807, 2.05) is 24.3 Å². The summed E-state index contributed by atoms with van der Waals surface area (Å²) >= 11 is 0. The smallest absolute Gasteiger partial charge is 0.124 e. The number of likely N-dealkylation sites (tertiary alicyclic amines) is 1. The summed E-state index contributed by atoms with van der Waals surface area (Å²) in [4.78, 5) is 2.31. The van der Waals surface area contributed by atoms with Crippen LogP contribution in [0.1, 0.15) is 24.8 Å². The fourth-order valence-corrected chi connectivity index (χ4v) is 2.67. The second-order valence-electron chi connectivity index (χ2n) is 5.03. The third kappa shape index (κ3) is 3.09. The summed E-state index contributed by atoms with van der Waals surface area (Å²) < 4.78 is 5.36. The molecule has 0 amide bonds. The Morgan fingerprint density at radius 2 is 2.05 bits per heavy atom. The van der Waals surface area contributed by atoms with E-state index in [0.29, 0.717) is 0 Å². The van der Waals surface area contributed by atoms with Gasteiger partial charge < -0.3 is 14.7 Å². The van der Waals surface area contributed by atoms with Gasteiger partial charge in [-0.25, -0.2) is 0 Å². The van der Waals surface area contributed by atoms with Crippen LogP contribution >= 0.6 is 0 Å². The van der Waals surface area contributed by atoms with Gasteiger partial charge in [0.1, 0.15) is 5.75 Å². The van der Waals surface area contributed by atoms with Crippen molar-refractivity contribution in [1.82, 2.24) is 4.90 Å². The highest BCUT2D eigenvalue weighted by Crippen LogP contribution is 2.37. The van der Waals surface area contributed by atoms with E-state index in [1.165, 1.54) is 0 Å². The van der Waals surface area contributed by atoms with Crippen LogP contribution in [0.2, 0.25) is 0 Å². The van der Waals surface area contributed by atoms with Crippen molar-refractivity contribution in [3.05, 3.63) is 29.8 Å². The van der Waals surface area contributed by atoms with Gasteiger partial charge in [-0.05, 0) is 18.9 Å². The number of para-hydroxylation sites is 1. The van der Waals surface area contributed by atoms with Crippen LogP contribution in [0, 0.1) is 12.3 Å². The number of piperidine rings is 1. The molecule has 0 aromatic heterocycles. The molecule has 3 nitrogen and oxygen atoms in total. The maximum Gasteiger partial charge on any atom is 0.124 e. The van der Waals surface area contributed by atoms with Crippen molar-refractivity contribution in [2.75, 3.05) is 26.7 Å². The Kier molecular flexibility index (Phi) is 4.47. The van der Waals surface area contributed by atoms with E-state index in [0.717, 1.165) is 50.2 Å². The molecule has 0 spiro atoms. The van der Waals surface area contributed by atoms with Gasteiger partial charge >= 0.3 is 0 Å². The van der Waals surface area contributed by atoms with Crippen LogP contribution in [0.15, 0.2) is 24.3 Å². The zero-order valence-electron chi connectivity index (χ0n) is 11.4. The van der Waals surface area contributed by atoms with Gasteiger partial charge in [-0.1, -0.05) is 18.2 Å². The normalized spacial score (nSPS) is 18.8. The summed E-state index contributed by atoms with van der Waals surface area (Å²) in [6, 6.07) is 7.72. The van der Waals surface area contributed by atoms with Crippen LogP contribution < -0.4 is 4.74 Å². The number of hydrogen-bond acceptors (Lipinski definition) is 3. The SMILES string of the molecule is C#CCCN1CCC(O)(c2ccccc2OC)CC1. The van der Waals surface area contributed by atoms with Crippen molar-refractivity contribution in [2.45, 2.75) is 24.9 Å². The first-order valence-electron chi connectivity index (χ1n) is 6.71. The fourth-order valence-electron chi connectivity index (χ4n) is 2.67. The van der Waals surface area contributed by atoms with E-state index < -0.39 is 5.60 Å². The van der Waals surface area contributed by atoms with E-state index in [1.54, 1.807) is 7.11 Å². The number of rotatable bonds is 4. The highest BCUT2D eigenvalue weighted by atomic mass is 16.5. The van der Waals surface area contributed by atoms with E-state index in [2.05, 4.69) is 10.8 Å². The van der Waals surface area contributed by atoms with Crippen LogP contribution in [-0.4, -0.2) is 36.8 Å². The second-order valence-corrected chi connectivity index (χ2v) is 5.03. The summed E-state index contributed by atoms with van der Waals surface area (Å²) in [6.45, 7) is 2.66. The lowest BCUT2D eigenvalue weighted by Crippen LogP contribution is -2.43. The molecule has 1 heterocycles. The van der Waals surface area contributed by atoms with Crippen molar-refractivity contribution in [3.8, 4) is 18.1 Å². The molecule has 1 aromatic rings. The number of nitrogens with zero attached hydrogens (tertiary/aromatic N) is 1. The molecule has 0 aliphatic carbocycles. The van der Waals surface area contributed by atoms with Crippen molar-refractivity contribution in [3.63, 3.8) is 0 Å².